The Labute approximate surface area is 138 Å². The fourth-order valence-electron chi connectivity index (χ4n) is 6.26. The zero-order valence-electron chi connectivity index (χ0n) is 15.1. The molecule has 3 fully saturated rings. The molecule has 0 aromatic rings. The van der Waals surface area contributed by atoms with Crippen LogP contribution in [-0.4, -0.2) is 42.8 Å². The van der Waals surface area contributed by atoms with Gasteiger partial charge in [-0.1, -0.05) is 27.7 Å². The molecule has 5 nitrogen and oxygen atoms in total. The first-order chi connectivity index (χ1) is 10.6. The van der Waals surface area contributed by atoms with Gasteiger partial charge in [-0.05, 0) is 24.2 Å². The second-order valence-electron chi connectivity index (χ2n) is 8.83. The lowest BCUT2D eigenvalue weighted by molar-refractivity contribution is -0.324. The average molecular weight is 326 g/mol. The number of ether oxygens (including phenoxy) is 3. The summed E-state index contributed by atoms with van der Waals surface area (Å²) >= 11 is 0. The second-order valence-corrected chi connectivity index (χ2v) is 8.83. The van der Waals surface area contributed by atoms with E-state index in [9.17, 15) is 9.90 Å². The summed E-state index contributed by atoms with van der Waals surface area (Å²) in [5.74, 6) is -0.334. The van der Waals surface area contributed by atoms with Gasteiger partial charge >= 0.3 is 5.97 Å². The topological polar surface area (TPSA) is 65.0 Å². The van der Waals surface area contributed by atoms with Crippen LogP contribution in [0.15, 0.2) is 0 Å². The number of rotatable bonds is 2. The Morgan fingerprint density at radius 2 is 1.96 bits per heavy atom. The van der Waals surface area contributed by atoms with Gasteiger partial charge < -0.3 is 19.3 Å². The lowest BCUT2D eigenvalue weighted by Gasteiger charge is -2.59. The van der Waals surface area contributed by atoms with Crippen molar-refractivity contribution in [1.82, 2.24) is 0 Å². The Balaban J connectivity index is 2.11. The van der Waals surface area contributed by atoms with Crippen LogP contribution in [0.4, 0.5) is 0 Å². The maximum Gasteiger partial charge on any atom is 0.302 e. The van der Waals surface area contributed by atoms with Gasteiger partial charge in [-0.2, -0.15) is 0 Å². The molecular weight excluding hydrogens is 296 g/mol. The van der Waals surface area contributed by atoms with E-state index in [1.807, 2.05) is 0 Å². The summed E-state index contributed by atoms with van der Waals surface area (Å²) in [7, 11) is 1.64. The number of carbonyl (C=O) groups is 1. The van der Waals surface area contributed by atoms with Crippen molar-refractivity contribution in [3.8, 4) is 0 Å². The first-order valence-electron chi connectivity index (χ1n) is 8.61. The molecule has 1 aliphatic heterocycles. The van der Waals surface area contributed by atoms with Crippen LogP contribution in [0.5, 0.6) is 0 Å². The molecule has 3 aliphatic rings. The molecule has 2 saturated carbocycles. The molecule has 23 heavy (non-hydrogen) atoms. The maximum absolute atomic E-state index is 12.0. The van der Waals surface area contributed by atoms with Gasteiger partial charge in [0, 0.05) is 31.3 Å². The zero-order valence-corrected chi connectivity index (χ0v) is 15.1. The Kier molecular flexibility index (Phi) is 3.86. The molecule has 1 saturated heterocycles. The second kappa shape index (κ2) is 5.17. The molecule has 0 unspecified atom stereocenters. The van der Waals surface area contributed by atoms with Crippen molar-refractivity contribution in [1.29, 1.82) is 0 Å². The van der Waals surface area contributed by atoms with E-state index in [0.29, 0.717) is 6.61 Å². The number of hydrogen-bond donors (Lipinski definition) is 1. The third kappa shape index (κ3) is 2.19. The number of methoxy groups -OCH3 is 1. The summed E-state index contributed by atoms with van der Waals surface area (Å²) in [5, 5.41) is 12.0. The Morgan fingerprint density at radius 3 is 2.52 bits per heavy atom. The van der Waals surface area contributed by atoms with Crippen molar-refractivity contribution >= 4 is 5.97 Å². The Morgan fingerprint density at radius 1 is 1.30 bits per heavy atom. The first-order valence-corrected chi connectivity index (χ1v) is 8.61. The van der Waals surface area contributed by atoms with Gasteiger partial charge in [-0.25, -0.2) is 0 Å². The molecule has 3 rings (SSSR count). The summed E-state index contributed by atoms with van der Waals surface area (Å²) in [4.78, 5) is 11.6. The quantitative estimate of drug-likeness (QED) is 0.789. The molecule has 0 aromatic heterocycles. The van der Waals surface area contributed by atoms with E-state index >= 15 is 0 Å². The van der Waals surface area contributed by atoms with Gasteiger partial charge in [0.25, 0.3) is 0 Å². The predicted molar refractivity (Wildman–Crippen MR) is 84.5 cm³/mol. The smallest absolute Gasteiger partial charge is 0.302 e. The minimum Gasteiger partial charge on any atom is -0.462 e. The standard InChI is InChI=1S/C18H30O5/c1-10-7-12(23-11(2)19)14-16(3,4)8-17(5)9-22-15(21-6)13(10)18(14,17)20/h10,12-15,20H,7-9H2,1-6H3/t10-,12+,13-,14+,15+,17-,18+/m1/s1. The summed E-state index contributed by atoms with van der Waals surface area (Å²) in [6, 6.07) is 0. The van der Waals surface area contributed by atoms with Gasteiger partial charge in [0.05, 0.1) is 12.2 Å². The highest BCUT2D eigenvalue weighted by molar-refractivity contribution is 5.66. The zero-order chi connectivity index (χ0) is 17.2. The molecule has 2 aliphatic carbocycles. The largest absolute Gasteiger partial charge is 0.462 e. The van der Waals surface area contributed by atoms with Crippen molar-refractivity contribution in [2.45, 2.75) is 65.5 Å². The van der Waals surface area contributed by atoms with Gasteiger partial charge in [0.1, 0.15) is 6.10 Å². The molecule has 0 radical (unpaired) electrons. The van der Waals surface area contributed by atoms with Crippen molar-refractivity contribution < 1.29 is 24.1 Å². The Hall–Kier alpha value is -0.650. The van der Waals surface area contributed by atoms with Crippen molar-refractivity contribution in [3.63, 3.8) is 0 Å². The summed E-state index contributed by atoms with van der Waals surface area (Å²) in [5.41, 5.74) is -1.44. The summed E-state index contributed by atoms with van der Waals surface area (Å²) in [6.45, 7) is 10.5. The van der Waals surface area contributed by atoms with Crippen molar-refractivity contribution in [2.75, 3.05) is 13.7 Å². The minimum atomic E-state index is -0.951. The van der Waals surface area contributed by atoms with Crippen LogP contribution in [0.1, 0.15) is 47.5 Å². The van der Waals surface area contributed by atoms with Gasteiger partial charge in [-0.15, -0.1) is 0 Å². The lowest BCUT2D eigenvalue weighted by Crippen LogP contribution is -2.69. The van der Waals surface area contributed by atoms with E-state index in [2.05, 4.69) is 27.7 Å². The summed E-state index contributed by atoms with van der Waals surface area (Å²) < 4.78 is 17.2. The van der Waals surface area contributed by atoms with Crippen LogP contribution in [0.3, 0.4) is 0 Å². The van der Waals surface area contributed by atoms with E-state index in [0.717, 1.165) is 12.8 Å². The highest BCUT2D eigenvalue weighted by atomic mass is 16.7. The molecule has 1 heterocycles. The molecule has 5 heteroatoms. The molecule has 132 valence electrons. The van der Waals surface area contributed by atoms with Gasteiger partial charge in [0.2, 0.25) is 0 Å². The van der Waals surface area contributed by atoms with Gasteiger partial charge in [0.15, 0.2) is 6.29 Å². The third-order valence-corrected chi connectivity index (χ3v) is 6.63. The monoisotopic (exact) mass is 326 g/mol. The lowest BCUT2D eigenvalue weighted by atomic mass is 9.54. The van der Waals surface area contributed by atoms with E-state index < -0.39 is 11.9 Å². The van der Waals surface area contributed by atoms with Crippen molar-refractivity contribution in [3.05, 3.63) is 0 Å². The molecule has 0 aromatic carbocycles. The number of aliphatic hydroxyl groups is 1. The predicted octanol–water partition coefficient (Wildman–Crippen LogP) is 2.36. The van der Waals surface area contributed by atoms with E-state index in [1.54, 1.807) is 7.11 Å². The minimum absolute atomic E-state index is 0.105. The van der Waals surface area contributed by atoms with Gasteiger partial charge in [-0.3, -0.25) is 4.79 Å². The van der Waals surface area contributed by atoms with E-state index in [4.69, 9.17) is 14.2 Å². The molecule has 0 bridgehead atoms. The normalized spacial score (nSPS) is 51.2. The molecule has 7 atom stereocenters. The molecular formula is C18H30O5. The van der Waals surface area contributed by atoms with Crippen LogP contribution in [-0.2, 0) is 19.0 Å². The van der Waals surface area contributed by atoms with Crippen LogP contribution in [0.2, 0.25) is 0 Å². The summed E-state index contributed by atoms with van der Waals surface area (Å²) in [6.07, 6.45) is 0.923. The van der Waals surface area contributed by atoms with E-state index in [-0.39, 0.29) is 40.7 Å². The first kappa shape index (κ1) is 17.2. The third-order valence-electron chi connectivity index (χ3n) is 6.63. The van der Waals surface area contributed by atoms with Crippen LogP contribution in [0.25, 0.3) is 0 Å². The fraction of sp³-hybridized carbons (Fsp3) is 0.944. The van der Waals surface area contributed by atoms with Crippen LogP contribution >= 0.6 is 0 Å². The maximum atomic E-state index is 12.0. The number of carbonyl (C=O) groups excluding carboxylic acids is 1. The highest BCUT2D eigenvalue weighted by Gasteiger charge is 2.74. The molecule has 1 N–H and O–H groups in total. The highest BCUT2D eigenvalue weighted by Crippen LogP contribution is 2.69. The van der Waals surface area contributed by atoms with Crippen LogP contribution < -0.4 is 0 Å². The fourth-order valence-corrected chi connectivity index (χ4v) is 6.26. The average Bonchev–Trinajstić information content (AvgIpc) is 2.56. The van der Waals surface area contributed by atoms with E-state index in [1.165, 1.54) is 6.92 Å². The number of hydrogen-bond acceptors (Lipinski definition) is 5. The van der Waals surface area contributed by atoms with Crippen LogP contribution in [0, 0.1) is 28.6 Å². The van der Waals surface area contributed by atoms with Crippen molar-refractivity contribution in [2.24, 2.45) is 28.6 Å². The Bertz CT molecular complexity index is 504. The number of esters is 1. The molecule has 0 spiro atoms. The SMILES string of the molecule is CO[C@H]1OC[C@@]2(C)CC(C)(C)[C@@H]3[C@@H](OC(C)=O)C[C@@H](C)[C@H]1[C@]32O. The molecule has 0 amide bonds.